The van der Waals surface area contributed by atoms with Crippen molar-refractivity contribution in [1.29, 1.82) is 0 Å². The van der Waals surface area contributed by atoms with Gasteiger partial charge in [0.1, 0.15) is 36.6 Å². The third kappa shape index (κ3) is 3.58. The van der Waals surface area contributed by atoms with Crippen LogP contribution in [0.1, 0.15) is 6.42 Å². The molecule has 9 atom stereocenters. The van der Waals surface area contributed by atoms with Gasteiger partial charge in [-0.05, 0) is 6.42 Å². The second-order valence-corrected chi connectivity index (χ2v) is 6.61. The van der Waals surface area contributed by atoms with Gasteiger partial charge in [-0.1, -0.05) is 0 Å². The fourth-order valence-electron chi connectivity index (χ4n) is 3.27. The zero-order valence-corrected chi connectivity index (χ0v) is 13.0. The molecule has 10 heteroatoms. The van der Waals surface area contributed by atoms with Crippen molar-refractivity contribution >= 4 is 0 Å². The van der Waals surface area contributed by atoms with Crippen LogP contribution in [0, 0.1) is 5.41 Å². The number of hydrogen-bond acceptors (Lipinski definition) is 10. The van der Waals surface area contributed by atoms with E-state index in [0.29, 0.717) is 0 Å². The van der Waals surface area contributed by atoms with Gasteiger partial charge in [0.15, 0.2) is 0 Å². The summed E-state index contributed by atoms with van der Waals surface area (Å²) in [5.41, 5.74) is -1.26. The summed E-state index contributed by atoms with van der Waals surface area (Å²) in [6, 6.07) is 0. The first-order valence-electron chi connectivity index (χ1n) is 7.80. The minimum atomic E-state index is -1.52. The lowest BCUT2D eigenvalue weighted by molar-refractivity contribution is -0.241. The summed E-state index contributed by atoms with van der Waals surface area (Å²) in [6.07, 6.45) is -10.6. The lowest BCUT2D eigenvalue weighted by Gasteiger charge is -2.40. The third-order valence-electron chi connectivity index (χ3n) is 4.94. The molecular weight excluding hydrogens is 328 g/mol. The summed E-state index contributed by atoms with van der Waals surface area (Å²) in [7, 11) is 0. The fraction of sp³-hybridized carbons (Fsp3) is 1.00. The molecule has 1 heterocycles. The van der Waals surface area contributed by atoms with E-state index < -0.39 is 67.5 Å². The largest absolute Gasteiger partial charge is 0.396 e. The Hall–Kier alpha value is -0.400. The Balaban J connectivity index is 1.93. The van der Waals surface area contributed by atoms with Crippen LogP contribution in [0.4, 0.5) is 0 Å². The third-order valence-corrected chi connectivity index (χ3v) is 4.94. The van der Waals surface area contributed by atoms with Gasteiger partial charge >= 0.3 is 0 Å². The molecule has 0 bridgehead atoms. The minimum absolute atomic E-state index is 0.0689. The predicted molar refractivity (Wildman–Crippen MR) is 76.7 cm³/mol. The van der Waals surface area contributed by atoms with E-state index in [1.165, 1.54) is 0 Å². The molecule has 10 nitrogen and oxygen atoms in total. The molecule has 8 unspecified atom stereocenters. The van der Waals surface area contributed by atoms with Gasteiger partial charge in [-0.15, -0.1) is 0 Å². The SMILES string of the molecule is OCC1OC(COCC2(CO)CC(O)C(O)[C@@H]2O)C(O)C(O)C1O. The topological polar surface area (TPSA) is 180 Å². The number of hydrogen-bond donors (Lipinski definition) is 8. The standard InChI is InChI=1S/C14H26O10/c15-2-7-10(19)12(21)11(20)8(24-7)3-23-5-14(4-16)1-6(17)9(18)13(14)22/h6-13,15-22H,1-5H2/t6?,7?,8?,9?,10?,11?,12?,13-,14?/m0/s1. The maximum absolute atomic E-state index is 9.99. The first-order valence-corrected chi connectivity index (χ1v) is 7.80. The van der Waals surface area contributed by atoms with Gasteiger partial charge in [0.2, 0.25) is 0 Å². The number of ether oxygens (including phenoxy) is 2. The van der Waals surface area contributed by atoms with Crippen molar-refractivity contribution in [2.24, 2.45) is 5.41 Å². The van der Waals surface area contributed by atoms with Crippen molar-refractivity contribution in [1.82, 2.24) is 0 Å². The predicted octanol–water partition coefficient (Wildman–Crippen LogP) is -4.69. The van der Waals surface area contributed by atoms with E-state index in [1.807, 2.05) is 0 Å². The lowest BCUT2D eigenvalue weighted by atomic mass is 9.85. The van der Waals surface area contributed by atoms with Gasteiger partial charge in [0.25, 0.3) is 0 Å². The molecule has 1 aliphatic heterocycles. The monoisotopic (exact) mass is 354 g/mol. The van der Waals surface area contributed by atoms with Crippen molar-refractivity contribution in [2.45, 2.75) is 55.3 Å². The van der Waals surface area contributed by atoms with Crippen molar-refractivity contribution in [3.05, 3.63) is 0 Å². The lowest BCUT2D eigenvalue weighted by Crippen LogP contribution is -2.59. The summed E-state index contributed by atoms with van der Waals surface area (Å²) in [6.45, 7) is -1.56. The van der Waals surface area contributed by atoms with Crippen LogP contribution in [-0.4, -0.2) is 116 Å². The Bertz CT molecular complexity index is 407. The second kappa shape index (κ2) is 7.87. The Kier molecular flexibility index (Phi) is 6.53. The molecule has 0 spiro atoms. The van der Waals surface area contributed by atoms with Crippen molar-refractivity contribution in [3.63, 3.8) is 0 Å². The second-order valence-electron chi connectivity index (χ2n) is 6.61. The van der Waals surface area contributed by atoms with E-state index in [1.54, 1.807) is 0 Å². The first kappa shape index (κ1) is 19.9. The summed E-state index contributed by atoms with van der Waals surface area (Å²) >= 11 is 0. The highest BCUT2D eigenvalue weighted by atomic mass is 16.6. The van der Waals surface area contributed by atoms with Gasteiger partial charge in [0, 0.05) is 5.41 Å². The van der Waals surface area contributed by atoms with Crippen LogP contribution in [0.5, 0.6) is 0 Å². The van der Waals surface area contributed by atoms with Crippen LogP contribution in [0.2, 0.25) is 0 Å². The molecule has 1 saturated carbocycles. The molecule has 2 fully saturated rings. The highest BCUT2D eigenvalue weighted by Gasteiger charge is 2.52. The van der Waals surface area contributed by atoms with E-state index >= 15 is 0 Å². The molecule has 8 N–H and O–H groups in total. The van der Waals surface area contributed by atoms with Crippen LogP contribution in [0.15, 0.2) is 0 Å². The minimum Gasteiger partial charge on any atom is -0.396 e. The maximum atomic E-state index is 9.99. The van der Waals surface area contributed by atoms with Crippen LogP contribution in [0.3, 0.4) is 0 Å². The van der Waals surface area contributed by atoms with Crippen molar-refractivity contribution < 1.29 is 50.3 Å². The zero-order chi connectivity index (χ0) is 18.1. The molecule has 1 saturated heterocycles. The van der Waals surface area contributed by atoms with E-state index in [4.69, 9.17) is 14.6 Å². The maximum Gasteiger partial charge on any atom is 0.111 e. The number of aliphatic hydroxyl groups is 8. The van der Waals surface area contributed by atoms with Gasteiger partial charge < -0.3 is 50.3 Å². The Morgan fingerprint density at radius 2 is 1.50 bits per heavy atom. The normalized spacial score (nSPS) is 49.5. The van der Waals surface area contributed by atoms with Crippen molar-refractivity contribution in [3.8, 4) is 0 Å². The molecule has 2 aliphatic rings. The molecule has 24 heavy (non-hydrogen) atoms. The Morgan fingerprint density at radius 1 is 0.875 bits per heavy atom. The number of rotatable bonds is 6. The van der Waals surface area contributed by atoms with Crippen LogP contribution in [0.25, 0.3) is 0 Å². The molecular formula is C14H26O10. The zero-order valence-electron chi connectivity index (χ0n) is 13.0. The fourth-order valence-corrected chi connectivity index (χ4v) is 3.27. The van der Waals surface area contributed by atoms with Gasteiger partial charge in [-0.2, -0.15) is 0 Å². The molecule has 2 rings (SSSR count). The summed E-state index contributed by atoms with van der Waals surface area (Å²) in [5, 5.41) is 77.2. The Morgan fingerprint density at radius 3 is 2.00 bits per heavy atom. The molecule has 0 aromatic rings. The molecule has 0 aromatic heterocycles. The molecule has 1 aliphatic carbocycles. The molecule has 0 radical (unpaired) electrons. The van der Waals surface area contributed by atoms with Gasteiger partial charge in [-0.25, -0.2) is 0 Å². The van der Waals surface area contributed by atoms with Gasteiger partial charge in [-0.3, -0.25) is 0 Å². The van der Waals surface area contributed by atoms with E-state index in [9.17, 15) is 35.7 Å². The highest BCUT2D eigenvalue weighted by molar-refractivity contribution is 5.02. The Labute approximate surface area is 138 Å². The van der Waals surface area contributed by atoms with Crippen LogP contribution < -0.4 is 0 Å². The molecule has 0 aromatic carbocycles. The molecule has 142 valence electrons. The molecule has 0 amide bonds. The van der Waals surface area contributed by atoms with Crippen LogP contribution in [-0.2, 0) is 9.47 Å². The summed E-state index contributed by atoms with van der Waals surface area (Å²) < 4.78 is 10.6. The van der Waals surface area contributed by atoms with Gasteiger partial charge in [0.05, 0.1) is 38.6 Å². The average Bonchev–Trinajstić information content (AvgIpc) is 2.79. The summed E-state index contributed by atoms with van der Waals surface area (Å²) in [4.78, 5) is 0. The van der Waals surface area contributed by atoms with Crippen molar-refractivity contribution in [2.75, 3.05) is 26.4 Å². The van der Waals surface area contributed by atoms with E-state index in [2.05, 4.69) is 0 Å². The average molecular weight is 354 g/mol. The van der Waals surface area contributed by atoms with E-state index in [-0.39, 0.29) is 19.6 Å². The number of aliphatic hydroxyl groups excluding tert-OH is 8. The van der Waals surface area contributed by atoms with E-state index in [0.717, 1.165) is 0 Å². The first-order chi connectivity index (χ1) is 11.3. The highest BCUT2D eigenvalue weighted by Crippen LogP contribution is 2.39. The summed E-state index contributed by atoms with van der Waals surface area (Å²) in [5.74, 6) is 0. The smallest absolute Gasteiger partial charge is 0.111 e. The van der Waals surface area contributed by atoms with Crippen LogP contribution >= 0.6 is 0 Å². The quantitative estimate of drug-likeness (QED) is 0.231.